The smallest absolute Gasteiger partial charge is 0.0462 e. The first-order valence-corrected chi connectivity index (χ1v) is 8.55. The van der Waals surface area contributed by atoms with Gasteiger partial charge in [-0.25, -0.2) is 0 Å². The van der Waals surface area contributed by atoms with E-state index in [0.29, 0.717) is 0 Å². The van der Waals surface area contributed by atoms with Crippen molar-refractivity contribution in [1.29, 1.82) is 0 Å². The summed E-state index contributed by atoms with van der Waals surface area (Å²) in [4.78, 5) is 0. The lowest BCUT2D eigenvalue weighted by Crippen LogP contribution is -1.88. The fourth-order valence-corrected chi connectivity index (χ4v) is 2.32. The minimum Gasteiger partial charge on any atom is -0.385 e. The molecule has 0 saturated heterocycles. The van der Waals surface area contributed by atoms with Crippen LogP contribution in [0.1, 0.15) is 90.4 Å². The lowest BCUT2D eigenvalue weighted by Gasteiger charge is -2.00. The summed E-state index contributed by atoms with van der Waals surface area (Å²) in [5.41, 5.74) is 0. The monoisotopic (exact) mass is 268 g/mol. The van der Waals surface area contributed by atoms with E-state index in [1.54, 1.807) is 7.11 Å². The second-order valence-electron chi connectivity index (χ2n) is 5.58. The van der Waals surface area contributed by atoms with Crippen molar-refractivity contribution in [3.8, 4) is 0 Å². The van der Waals surface area contributed by atoms with E-state index < -0.39 is 0 Å². The first kappa shape index (κ1) is 18.7. The number of rotatable bonds is 15. The van der Waals surface area contributed by atoms with Crippen LogP contribution in [-0.2, 0) is 4.74 Å². The molecule has 19 heavy (non-hydrogen) atoms. The summed E-state index contributed by atoms with van der Waals surface area (Å²) in [6, 6.07) is 0. The van der Waals surface area contributed by atoms with Gasteiger partial charge in [-0.1, -0.05) is 70.4 Å². The Kier molecular flexibility index (Phi) is 17.4. The van der Waals surface area contributed by atoms with E-state index in [1.165, 1.54) is 83.5 Å². The SMILES string of the molecule is CCCCCCCC=CCCCCCCCCOC. The van der Waals surface area contributed by atoms with Gasteiger partial charge in [0, 0.05) is 13.7 Å². The molecule has 0 spiro atoms. The molecular formula is C18H36O. The molecule has 114 valence electrons. The van der Waals surface area contributed by atoms with Gasteiger partial charge >= 0.3 is 0 Å². The van der Waals surface area contributed by atoms with Crippen LogP contribution in [0.3, 0.4) is 0 Å². The molecule has 0 atom stereocenters. The molecule has 0 rings (SSSR count). The van der Waals surface area contributed by atoms with Crippen molar-refractivity contribution < 1.29 is 4.74 Å². The molecule has 0 heterocycles. The van der Waals surface area contributed by atoms with Gasteiger partial charge in [0.05, 0.1) is 0 Å². The highest BCUT2D eigenvalue weighted by molar-refractivity contribution is 4.81. The highest BCUT2D eigenvalue weighted by Gasteiger charge is 1.90. The predicted molar refractivity (Wildman–Crippen MR) is 86.7 cm³/mol. The highest BCUT2D eigenvalue weighted by Crippen LogP contribution is 2.09. The van der Waals surface area contributed by atoms with Gasteiger partial charge < -0.3 is 4.74 Å². The quantitative estimate of drug-likeness (QED) is 0.251. The molecule has 0 aromatic heterocycles. The fourth-order valence-electron chi connectivity index (χ4n) is 2.32. The summed E-state index contributed by atoms with van der Waals surface area (Å²) in [6.07, 6.45) is 22.5. The standard InChI is InChI=1S/C18H36O/c1-3-4-5-6-7-8-9-10-11-12-13-14-15-16-17-18-19-2/h9-10H,3-8,11-18H2,1-2H3. The Morgan fingerprint density at radius 1 is 0.632 bits per heavy atom. The van der Waals surface area contributed by atoms with Crippen LogP contribution in [0.2, 0.25) is 0 Å². The van der Waals surface area contributed by atoms with Gasteiger partial charge in [-0.3, -0.25) is 0 Å². The lowest BCUT2D eigenvalue weighted by atomic mass is 10.1. The van der Waals surface area contributed by atoms with Crippen LogP contribution in [-0.4, -0.2) is 13.7 Å². The number of methoxy groups -OCH3 is 1. The van der Waals surface area contributed by atoms with Gasteiger partial charge in [0.2, 0.25) is 0 Å². The predicted octanol–water partition coefficient (Wildman–Crippen LogP) is 6.28. The Hall–Kier alpha value is -0.300. The van der Waals surface area contributed by atoms with Gasteiger partial charge in [-0.2, -0.15) is 0 Å². The van der Waals surface area contributed by atoms with Crippen molar-refractivity contribution in [1.82, 2.24) is 0 Å². The summed E-state index contributed by atoms with van der Waals surface area (Å²) in [5.74, 6) is 0. The molecule has 0 saturated carbocycles. The molecule has 1 nitrogen and oxygen atoms in total. The Bertz CT molecular complexity index is 175. The topological polar surface area (TPSA) is 9.23 Å². The van der Waals surface area contributed by atoms with Crippen LogP contribution in [0.25, 0.3) is 0 Å². The van der Waals surface area contributed by atoms with Crippen molar-refractivity contribution in [2.24, 2.45) is 0 Å². The van der Waals surface area contributed by atoms with E-state index >= 15 is 0 Å². The van der Waals surface area contributed by atoms with Gasteiger partial charge in [-0.15, -0.1) is 0 Å². The highest BCUT2D eigenvalue weighted by atomic mass is 16.5. The van der Waals surface area contributed by atoms with Gasteiger partial charge in [0.15, 0.2) is 0 Å². The third-order valence-corrected chi connectivity index (χ3v) is 3.61. The van der Waals surface area contributed by atoms with Crippen LogP contribution in [0, 0.1) is 0 Å². The van der Waals surface area contributed by atoms with Crippen molar-refractivity contribution in [3.63, 3.8) is 0 Å². The van der Waals surface area contributed by atoms with Crippen LogP contribution < -0.4 is 0 Å². The molecule has 0 aromatic rings. The summed E-state index contributed by atoms with van der Waals surface area (Å²) in [5, 5.41) is 0. The van der Waals surface area contributed by atoms with E-state index in [0.717, 1.165) is 6.61 Å². The Morgan fingerprint density at radius 2 is 1.11 bits per heavy atom. The van der Waals surface area contributed by atoms with Crippen molar-refractivity contribution >= 4 is 0 Å². The third kappa shape index (κ3) is 17.7. The summed E-state index contributed by atoms with van der Waals surface area (Å²) >= 11 is 0. The van der Waals surface area contributed by atoms with E-state index in [4.69, 9.17) is 4.74 Å². The second kappa shape index (κ2) is 17.7. The molecule has 0 fully saturated rings. The molecule has 0 aliphatic rings. The molecule has 0 amide bonds. The molecule has 0 aromatic carbocycles. The Labute approximate surface area is 121 Å². The molecule has 0 aliphatic heterocycles. The summed E-state index contributed by atoms with van der Waals surface area (Å²) in [6.45, 7) is 3.21. The van der Waals surface area contributed by atoms with Crippen LogP contribution in [0.4, 0.5) is 0 Å². The number of ether oxygens (including phenoxy) is 1. The van der Waals surface area contributed by atoms with E-state index in [1.807, 2.05) is 0 Å². The largest absolute Gasteiger partial charge is 0.385 e. The van der Waals surface area contributed by atoms with Crippen molar-refractivity contribution in [3.05, 3.63) is 12.2 Å². The fraction of sp³-hybridized carbons (Fsp3) is 0.889. The average Bonchev–Trinajstić information content (AvgIpc) is 2.43. The number of hydrogen-bond donors (Lipinski definition) is 0. The molecule has 0 bridgehead atoms. The average molecular weight is 268 g/mol. The first-order chi connectivity index (χ1) is 9.41. The maximum atomic E-state index is 5.05. The number of allylic oxidation sites excluding steroid dienone is 2. The number of hydrogen-bond acceptors (Lipinski definition) is 1. The molecule has 0 aliphatic carbocycles. The molecule has 0 N–H and O–H groups in total. The zero-order valence-electron chi connectivity index (χ0n) is 13.5. The van der Waals surface area contributed by atoms with Crippen LogP contribution in [0.5, 0.6) is 0 Å². The molecule has 0 unspecified atom stereocenters. The first-order valence-electron chi connectivity index (χ1n) is 8.55. The number of unbranched alkanes of at least 4 members (excludes halogenated alkanes) is 11. The van der Waals surface area contributed by atoms with Crippen molar-refractivity contribution in [2.75, 3.05) is 13.7 Å². The second-order valence-corrected chi connectivity index (χ2v) is 5.58. The Morgan fingerprint density at radius 3 is 1.63 bits per heavy atom. The van der Waals surface area contributed by atoms with Gasteiger partial charge in [0.25, 0.3) is 0 Å². The van der Waals surface area contributed by atoms with Crippen LogP contribution in [0.15, 0.2) is 12.2 Å². The zero-order chi connectivity index (χ0) is 14.0. The maximum Gasteiger partial charge on any atom is 0.0462 e. The Balaban J connectivity index is 3.00. The zero-order valence-corrected chi connectivity index (χ0v) is 13.5. The van der Waals surface area contributed by atoms with Crippen molar-refractivity contribution in [2.45, 2.75) is 90.4 Å². The molecular weight excluding hydrogens is 232 g/mol. The summed E-state index contributed by atoms with van der Waals surface area (Å²) in [7, 11) is 1.79. The minimum absolute atomic E-state index is 0.932. The summed E-state index contributed by atoms with van der Waals surface area (Å²) < 4.78 is 5.05. The normalized spacial score (nSPS) is 11.5. The van der Waals surface area contributed by atoms with Gasteiger partial charge in [0.1, 0.15) is 0 Å². The van der Waals surface area contributed by atoms with E-state index in [9.17, 15) is 0 Å². The van der Waals surface area contributed by atoms with E-state index in [-0.39, 0.29) is 0 Å². The van der Waals surface area contributed by atoms with Gasteiger partial charge in [-0.05, 0) is 32.1 Å². The maximum absolute atomic E-state index is 5.05. The minimum atomic E-state index is 0.932. The lowest BCUT2D eigenvalue weighted by molar-refractivity contribution is 0.192. The molecule has 1 heteroatoms. The van der Waals surface area contributed by atoms with Crippen LogP contribution >= 0.6 is 0 Å². The molecule has 0 radical (unpaired) electrons. The van der Waals surface area contributed by atoms with E-state index in [2.05, 4.69) is 19.1 Å². The third-order valence-electron chi connectivity index (χ3n) is 3.61.